The lowest BCUT2D eigenvalue weighted by Crippen LogP contribution is -2.05. The van der Waals surface area contributed by atoms with Crippen LogP contribution in [0, 0.1) is 6.92 Å². The monoisotopic (exact) mass is 356 g/mol. The molecule has 0 radical (unpaired) electrons. The number of hydrogen-bond acceptors (Lipinski definition) is 5. The van der Waals surface area contributed by atoms with Gasteiger partial charge >= 0.3 is 0 Å². The van der Waals surface area contributed by atoms with Crippen LogP contribution in [0.1, 0.15) is 17.5 Å². The van der Waals surface area contributed by atoms with Gasteiger partial charge in [0.15, 0.2) is 11.5 Å². The Kier molecular flexibility index (Phi) is 4.28. The van der Waals surface area contributed by atoms with Gasteiger partial charge in [0.1, 0.15) is 0 Å². The number of ether oxygens (including phenoxy) is 2. The molecule has 0 unspecified atom stereocenters. The van der Waals surface area contributed by atoms with Crippen LogP contribution >= 0.6 is 11.6 Å². The van der Waals surface area contributed by atoms with Gasteiger partial charge in [0, 0.05) is 12.0 Å². The summed E-state index contributed by atoms with van der Waals surface area (Å²) in [6.07, 6.45) is 0.838. The molecule has 0 saturated heterocycles. The highest BCUT2D eigenvalue weighted by Gasteiger charge is 2.16. The van der Waals surface area contributed by atoms with Crippen LogP contribution < -0.4 is 9.47 Å². The summed E-state index contributed by atoms with van der Waals surface area (Å²) in [5, 5.41) is 13.2. The van der Waals surface area contributed by atoms with E-state index >= 15 is 0 Å². The molecule has 0 N–H and O–H groups in total. The van der Waals surface area contributed by atoms with E-state index in [0.29, 0.717) is 42.1 Å². The Morgan fingerprint density at radius 1 is 1.12 bits per heavy atom. The molecule has 0 saturated carbocycles. The molecule has 0 aliphatic carbocycles. The van der Waals surface area contributed by atoms with Crippen LogP contribution in [0.2, 0.25) is 5.02 Å². The first-order valence-corrected chi connectivity index (χ1v) is 8.50. The zero-order chi connectivity index (χ0) is 17.2. The third kappa shape index (κ3) is 3.44. The standard InChI is InChI=1S/C18H17ClN4O2/c1-12-3-5-14(6-4-12)18-20-22-23(21-18)11-13-9-15(19)17-16(10-13)24-7-2-8-25-17/h3-6,9-10H,2,7-8,11H2,1H3. The van der Waals surface area contributed by atoms with Gasteiger partial charge in [-0.15, -0.1) is 10.2 Å². The van der Waals surface area contributed by atoms with E-state index in [1.54, 1.807) is 4.80 Å². The highest BCUT2D eigenvalue weighted by molar-refractivity contribution is 6.32. The van der Waals surface area contributed by atoms with Gasteiger partial charge in [-0.05, 0) is 29.8 Å². The van der Waals surface area contributed by atoms with Gasteiger partial charge in [0.25, 0.3) is 0 Å². The van der Waals surface area contributed by atoms with Crippen molar-refractivity contribution in [1.82, 2.24) is 20.2 Å². The molecule has 2 heterocycles. The molecule has 2 aromatic carbocycles. The predicted octanol–water partition coefficient (Wildman–Crippen LogP) is 3.51. The first kappa shape index (κ1) is 15.9. The van der Waals surface area contributed by atoms with Crippen molar-refractivity contribution in [1.29, 1.82) is 0 Å². The lowest BCUT2D eigenvalue weighted by molar-refractivity contribution is 0.297. The van der Waals surface area contributed by atoms with Crippen molar-refractivity contribution in [3.63, 3.8) is 0 Å². The largest absolute Gasteiger partial charge is 0.489 e. The van der Waals surface area contributed by atoms with Crippen LogP contribution in [0.25, 0.3) is 11.4 Å². The van der Waals surface area contributed by atoms with Gasteiger partial charge in [-0.1, -0.05) is 41.4 Å². The number of nitrogens with zero attached hydrogens (tertiary/aromatic N) is 4. The summed E-state index contributed by atoms with van der Waals surface area (Å²) >= 11 is 6.33. The van der Waals surface area contributed by atoms with Crippen LogP contribution in [-0.4, -0.2) is 33.4 Å². The van der Waals surface area contributed by atoms with Crippen molar-refractivity contribution >= 4 is 11.6 Å². The Hall–Kier alpha value is -2.60. The van der Waals surface area contributed by atoms with E-state index < -0.39 is 0 Å². The highest BCUT2D eigenvalue weighted by atomic mass is 35.5. The fourth-order valence-corrected chi connectivity index (χ4v) is 2.96. The molecule has 1 aliphatic rings. The maximum atomic E-state index is 6.33. The normalized spacial score (nSPS) is 13.5. The summed E-state index contributed by atoms with van der Waals surface area (Å²) in [4.78, 5) is 1.55. The Balaban J connectivity index is 1.57. The first-order chi connectivity index (χ1) is 12.2. The fourth-order valence-electron chi connectivity index (χ4n) is 2.67. The summed E-state index contributed by atoms with van der Waals surface area (Å²) in [6, 6.07) is 11.8. The zero-order valence-corrected chi connectivity index (χ0v) is 14.5. The van der Waals surface area contributed by atoms with E-state index in [4.69, 9.17) is 21.1 Å². The van der Waals surface area contributed by atoms with Crippen LogP contribution in [-0.2, 0) is 6.54 Å². The zero-order valence-electron chi connectivity index (χ0n) is 13.8. The van der Waals surface area contributed by atoms with Gasteiger partial charge in [0.2, 0.25) is 5.82 Å². The second-order valence-corrected chi connectivity index (χ2v) is 6.37. The molecule has 0 bridgehead atoms. The molecule has 0 fully saturated rings. The molecular formula is C18H17ClN4O2. The Labute approximate surface area is 150 Å². The lowest BCUT2D eigenvalue weighted by atomic mass is 10.1. The third-order valence-electron chi connectivity index (χ3n) is 3.95. The number of tetrazole rings is 1. The van der Waals surface area contributed by atoms with Crippen molar-refractivity contribution in [2.45, 2.75) is 19.9 Å². The third-order valence-corrected chi connectivity index (χ3v) is 4.23. The minimum atomic E-state index is 0.454. The summed E-state index contributed by atoms with van der Waals surface area (Å²) < 4.78 is 11.4. The van der Waals surface area contributed by atoms with Crippen LogP contribution in [0.3, 0.4) is 0 Å². The Bertz CT molecular complexity index is 893. The molecule has 3 aromatic rings. The molecule has 128 valence electrons. The van der Waals surface area contributed by atoms with E-state index in [0.717, 1.165) is 17.5 Å². The molecule has 1 aliphatic heterocycles. The number of aromatic nitrogens is 4. The number of halogens is 1. The second kappa shape index (κ2) is 6.72. The van der Waals surface area contributed by atoms with Gasteiger partial charge < -0.3 is 9.47 Å². The van der Waals surface area contributed by atoms with Crippen molar-refractivity contribution in [2.24, 2.45) is 0 Å². The van der Waals surface area contributed by atoms with Crippen molar-refractivity contribution in [3.8, 4) is 22.9 Å². The summed E-state index contributed by atoms with van der Waals surface area (Å²) in [5.41, 5.74) is 3.06. The van der Waals surface area contributed by atoms with Gasteiger partial charge in [0.05, 0.1) is 24.8 Å². The topological polar surface area (TPSA) is 62.1 Å². The number of fused-ring (bicyclic) bond motifs is 1. The quantitative estimate of drug-likeness (QED) is 0.718. The molecule has 0 spiro atoms. The van der Waals surface area contributed by atoms with E-state index in [1.807, 2.05) is 43.3 Å². The molecule has 0 atom stereocenters. The van der Waals surface area contributed by atoms with Crippen molar-refractivity contribution in [3.05, 3.63) is 52.5 Å². The lowest BCUT2D eigenvalue weighted by Gasteiger charge is -2.11. The first-order valence-electron chi connectivity index (χ1n) is 8.12. The maximum absolute atomic E-state index is 6.33. The van der Waals surface area contributed by atoms with E-state index in [9.17, 15) is 0 Å². The average molecular weight is 357 g/mol. The van der Waals surface area contributed by atoms with E-state index in [2.05, 4.69) is 15.4 Å². The molecule has 4 rings (SSSR count). The van der Waals surface area contributed by atoms with E-state index in [-0.39, 0.29) is 0 Å². The molecule has 25 heavy (non-hydrogen) atoms. The molecular weight excluding hydrogens is 340 g/mol. The Morgan fingerprint density at radius 3 is 2.76 bits per heavy atom. The van der Waals surface area contributed by atoms with Crippen LogP contribution in [0.5, 0.6) is 11.5 Å². The molecule has 6 nitrogen and oxygen atoms in total. The van der Waals surface area contributed by atoms with Crippen LogP contribution in [0.4, 0.5) is 0 Å². The predicted molar refractivity (Wildman–Crippen MR) is 94.2 cm³/mol. The number of benzene rings is 2. The van der Waals surface area contributed by atoms with Crippen molar-refractivity contribution < 1.29 is 9.47 Å². The minimum Gasteiger partial charge on any atom is -0.489 e. The second-order valence-electron chi connectivity index (χ2n) is 5.96. The summed E-state index contributed by atoms with van der Waals surface area (Å²) in [5.74, 6) is 1.87. The average Bonchev–Trinajstić information content (AvgIpc) is 2.92. The van der Waals surface area contributed by atoms with Gasteiger partial charge in [-0.3, -0.25) is 0 Å². The maximum Gasteiger partial charge on any atom is 0.204 e. The number of rotatable bonds is 3. The molecule has 0 amide bonds. The van der Waals surface area contributed by atoms with Gasteiger partial charge in [-0.2, -0.15) is 4.80 Å². The highest BCUT2D eigenvalue weighted by Crippen LogP contribution is 2.38. The smallest absolute Gasteiger partial charge is 0.204 e. The van der Waals surface area contributed by atoms with Gasteiger partial charge in [-0.25, -0.2) is 0 Å². The molecule has 1 aromatic heterocycles. The van der Waals surface area contributed by atoms with E-state index in [1.165, 1.54) is 5.56 Å². The summed E-state index contributed by atoms with van der Waals surface area (Å²) in [6.45, 7) is 3.72. The fraction of sp³-hybridized carbons (Fsp3) is 0.278. The Morgan fingerprint density at radius 2 is 1.92 bits per heavy atom. The molecule has 7 heteroatoms. The summed E-state index contributed by atoms with van der Waals surface area (Å²) in [7, 11) is 0. The SMILES string of the molecule is Cc1ccc(-c2nnn(Cc3cc(Cl)c4c(c3)OCCCO4)n2)cc1. The minimum absolute atomic E-state index is 0.454. The van der Waals surface area contributed by atoms with Crippen LogP contribution in [0.15, 0.2) is 36.4 Å². The number of aryl methyl sites for hydroxylation is 1. The van der Waals surface area contributed by atoms with Crippen molar-refractivity contribution in [2.75, 3.05) is 13.2 Å². The number of hydrogen-bond donors (Lipinski definition) is 0.